The Morgan fingerprint density at radius 2 is 2.00 bits per heavy atom. The zero-order valence-electron chi connectivity index (χ0n) is 10.8. The number of alkyl halides is 3. The van der Waals surface area contributed by atoms with Crippen molar-refractivity contribution in [3.05, 3.63) is 45.5 Å². The minimum absolute atomic E-state index is 0.0521. The molecule has 1 aromatic carbocycles. The van der Waals surface area contributed by atoms with Crippen LogP contribution in [0.2, 0.25) is 0 Å². The van der Waals surface area contributed by atoms with Crippen molar-refractivity contribution in [3.63, 3.8) is 0 Å². The van der Waals surface area contributed by atoms with Gasteiger partial charge in [0.05, 0.1) is 11.1 Å². The van der Waals surface area contributed by atoms with Crippen LogP contribution in [0.4, 0.5) is 17.6 Å². The van der Waals surface area contributed by atoms with Crippen molar-refractivity contribution in [2.45, 2.75) is 19.5 Å². The summed E-state index contributed by atoms with van der Waals surface area (Å²) in [5.74, 6) is -2.13. The largest absolute Gasteiger partial charge is 0.493 e. The van der Waals surface area contributed by atoms with Gasteiger partial charge in [0.2, 0.25) is 5.88 Å². The molecule has 8 heteroatoms. The SMILES string of the molecule is CCc1c(O)nc(-c2cc(F)ccc2C(F)(F)F)[nH]c1=O. The van der Waals surface area contributed by atoms with Crippen molar-refractivity contribution < 1.29 is 22.7 Å². The Balaban J connectivity index is 2.73. The smallest absolute Gasteiger partial charge is 0.417 e. The summed E-state index contributed by atoms with van der Waals surface area (Å²) in [4.78, 5) is 17.3. The molecule has 0 bridgehead atoms. The summed E-state index contributed by atoms with van der Waals surface area (Å²) in [7, 11) is 0. The molecule has 0 aliphatic heterocycles. The van der Waals surface area contributed by atoms with Crippen molar-refractivity contribution in [1.29, 1.82) is 0 Å². The lowest BCUT2D eigenvalue weighted by Crippen LogP contribution is -2.16. The Kier molecular flexibility index (Phi) is 3.71. The molecule has 0 aliphatic carbocycles. The first-order valence-electron chi connectivity index (χ1n) is 5.93. The first kappa shape index (κ1) is 15.0. The molecule has 2 N–H and O–H groups in total. The standard InChI is InChI=1S/C13H10F4N2O2/c1-2-7-11(20)18-10(19-12(7)21)8-5-6(14)3-4-9(8)13(15,16)17/h3-5H,2H2,1H3,(H2,18,19,20,21). The highest BCUT2D eigenvalue weighted by Gasteiger charge is 2.34. The van der Waals surface area contributed by atoms with Crippen molar-refractivity contribution in [1.82, 2.24) is 9.97 Å². The van der Waals surface area contributed by atoms with E-state index in [0.717, 1.165) is 0 Å². The van der Waals surface area contributed by atoms with Gasteiger partial charge in [0, 0.05) is 5.56 Å². The second-order valence-electron chi connectivity index (χ2n) is 4.26. The van der Waals surface area contributed by atoms with Crippen LogP contribution >= 0.6 is 0 Å². The summed E-state index contributed by atoms with van der Waals surface area (Å²) in [6, 6.07) is 1.81. The molecule has 0 saturated carbocycles. The molecule has 4 nitrogen and oxygen atoms in total. The molecular weight excluding hydrogens is 292 g/mol. The van der Waals surface area contributed by atoms with Crippen molar-refractivity contribution in [2.75, 3.05) is 0 Å². The molecule has 1 aromatic heterocycles. The monoisotopic (exact) mass is 302 g/mol. The van der Waals surface area contributed by atoms with Crippen LogP contribution in [0.15, 0.2) is 23.0 Å². The summed E-state index contributed by atoms with van der Waals surface area (Å²) in [6.07, 6.45) is -4.59. The summed E-state index contributed by atoms with van der Waals surface area (Å²) in [5, 5.41) is 9.59. The summed E-state index contributed by atoms with van der Waals surface area (Å²) >= 11 is 0. The zero-order valence-corrected chi connectivity index (χ0v) is 10.8. The van der Waals surface area contributed by atoms with E-state index in [2.05, 4.69) is 9.97 Å². The normalized spacial score (nSPS) is 11.7. The number of aromatic amines is 1. The van der Waals surface area contributed by atoms with Crippen LogP contribution in [0.25, 0.3) is 11.4 Å². The van der Waals surface area contributed by atoms with Crippen molar-refractivity contribution >= 4 is 0 Å². The summed E-state index contributed by atoms with van der Waals surface area (Å²) < 4.78 is 51.9. The molecule has 0 saturated heterocycles. The number of H-pyrrole nitrogens is 1. The molecule has 2 rings (SSSR count). The van der Waals surface area contributed by atoms with E-state index in [4.69, 9.17) is 0 Å². The first-order valence-corrected chi connectivity index (χ1v) is 5.93. The van der Waals surface area contributed by atoms with Crippen LogP contribution in [0, 0.1) is 5.82 Å². The number of hydrogen-bond donors (Lipinski definition) is 2. The van der Waals surface area contributed by atoms with Gasteiger partial charge in [-0.3, -0.25) is 4.79 Å². The molecule has 0 fully saturated rings. The number of halogens is 4. The number of rotatable bonds is 2. The van der Waals surface area contributed by atoms with E-state index >= 15 is 0 Å². The van der Waals surface area contributed by atoms with Gasteiger partial charge in [0.1, 0.15) is 11.6 Å². The van der Waals surface area contributed by atoms with Gasteiger partial charge in [-0.25, -0.2) is 4.39 Å². The summed E-state index contributed by atoms with van der Waals surface area (Å²) in [5.41, 5.74) is -2.62. The highest BCUT2D eigenvalue weighted by molar-refractivity contribution is 5.61. The Hall–Kier alpha value is -2.38. The van der Waals surface area contributed by atoms with E-state index in [1.54, 1.807) is 6.92 Å². The average Bonchev–Trinajstić information content (AvgIpc) is 2.36. The number of nitrogens with zero attached hydrogens (tertiary/aromatic N) is 1. The van der Waals surface area contributed by atoms with E-state index in [9.17, 15) is 27.5 Å². The molecule has 21 heavy (non-hydrogen) atoms. The third-order valence-corrected chi connectivity index (χ3v) is 2.89. The number of aromatic hydroxyl groups is 1. The molecule has 0 unspecified atom stereocenters. The third-order valence-electron chi connectivity index (χ3n) is 2.89. The minimum Gasteiger partial charge on any atom is -0.493 e. The number of nitrogens with one attached hydrogen (secondary N) is 1. The van der Waals surface area contributed by atoms with Crippen LogP contribution in [-0.4, -0.2) is 15.1 Å². The number of aromatic nitrogens is 2. The lowest BCUT2D eigenvalue weighted by molar-refractivity contribution is -0.137. The van der Waals surface area contributed by atoms with Gasteiger partial charge >= 0.3 is 6.18 Å². The molecule has 0 atom stereocenters. The maximum absolute atomic E-state index is 13.2. The average molecular weight is 302 g/mol. The Morgan fingerprint density at radius 3 is 2.52 bits per heavy atom. The van der Waals surface area contributed by atoms with E-state index in [-0.39, 0.29) is 12.0 Å². The van der Waals surface area contributed by atoms with E-state index in [1.807, 2.05) is 0 Å². The highest BCUT2D eigenvalue weighted by atomic mass is 19.4. The second kappa shape index (κ2) is 5.19. The van der Waals surface area contributed by atoms with Crippen LogP contribution in [0.1, 0.15) is 18.1 Å². The van der Waals surface area contributed by atoms with Crippen LogP contribution in [-0.2, 0) is 12.6 Å². The Morgan fingerprint density at radius 1 is 1.33 bits per heavy atom. The van der Waals surface area contributed by atoms with Gasteiger partial charge in [-0.05, 0) is 24.6 Å². The van der Waals surface area contributed by atoms with Crippen molar-refractivity contribution in [3.8, 4) is 17.3 Å². The maximum atomic E-state index is 13.2. The van der Waals surface area contributed by atoms with Crippen LogP contribution in [0.5, 0.6) is 5.88 Å². The Labute approximate surface area is 116 Å². The molecule has 0 amide bonds. The molecule has 1 heterocycles. The van der Waals surface area contributed by atoms with Crippen LogP contribution in [0.3, 0.4) is 0 Å². The van der Waals surface area contributed by atoms with E-state index in [0.29, 0.717) is 18.2 Å². The lowest BCUT2D eigenvalue weighted by Gasteiger charge is -2.13. The van der Waals surface area contributed by atoms with E-state index in [1.165, 1.54) is 0 Å². The maximum Gasteiger partial charge on any atom is 0.417 e. The predicted molar refractivity (Wildman–Crippen MR) is 66.3 cm³/mol. The topological polar surface area (TPSA) is 66.0 Å². The minimum atomic E-state index is -4.75. The zero-order chi connectivity index (χ0) is 15.8. The lowest BCUT2D eigenvalue weighted by atomic mass is 10.1. The van der Waals surface area contributed by atoms with Gasteiger partial charge in [-0.15, -0.1) is 0 Å². The molecule has 2 aromatic rings. The Bertz CT molecular complexity index is 738. The summed E-state index contributed by atoms with van der Waals surface area (Å²) in [6.45, 7) is 1.58. The molecule has 0 aliphatic rings. The fraction of sp³-hybridized carbons (Fsp3) is 0.231. The fourth-order valence-corrected chi connectivity index (χ4v) is 1.89. The van der Waals surface area contributed by atoms with Crippen LogP contribution < -0.4 is 5.56 Å². The number of hydrogen-bond acceptors (Lipinski definition) is 3. The van der Waals surface area contributed by atoms with Gasteiger partial charge in [-0.1, -0.05) is 6.92 Å². The van der Waals surface area contributed by atoms with Crippen molar-refractivity contribution in [2.24, 2.45) is 0 Å². The van der Waals surface area contributed by atoms with Gasteiger partial charge in [-0.2, -0.15) is 18.2 Å². The third kappa shape index (κ3) is 2.88. The molecule has 0 radical (unpaired) electrons. The van der Waals surface area contributed by atoms with Gasteiger partial charge in [0.25, 0.3) is 5.56 Å². The molecular formula is C13H10F4N2O2. The quantitative estimate of drug-likeness (QED) is 0.838. The predicted octanol–water partition coefficient (Wildman–Crippen LogP) is 2.86. The fourth-order valence-electron chi connectivity index (χ4n) is 1.89. The second-order valence-corrected chi connectivity index (χ2v) is 4.26. The molecule has 0 spiro atoms. The highest BCUT2D eigenvalue weighted by Crippen LogP contribution is 2.36. The molecule has 112 valence electrons. The number of benzene rings is 1. The van der Waals surface area contributed by atoms with Gasteiger partial charge in [0.15, 0.2) is 0 Å². The van der Waals surface area contributed by atoms with E-state index < -0.39 is 40.4 Å². The first-order chi connectivity index (χ1) is 9.74. The van der Waals surface area contributed by atoms with Gasteiger partial charge < -0.3 is 10.1 Å².